The van der Waals surface area contributed by atoms with Crippen LogP contribution in [0.4, 0.5) is 10.1 Å². The SMILES string of the molecule is CCNC(=O)COc1ccc(NC(=O)c2ccccc2-c2ncc(-c3ccccc3F)o2)cc1. The first-order chi connectivity index (χ1) is 16.5. The van der Waals surface area contributed by atoms with E-state index in [2.05, 4.69) is 15.6 Å². The molecule has 0 atom stereocenters. The summed E-state index contributed by atoms with van der Waals surface area (Å²) < 4.78 is 25.3. The van der Waals surface area contributed by atoms with Crippen molar-refractivity contribution in [2.75, 3.05) is 18.5 Å². The molecule has 0 aliphatic rings. The standard InChI is InChI=1S/C26H22FN3O4/c1-2-28-24(31)16-33-18-13-11-17(12-14-18)30-25(32)19-7-3-4-8-20(19)26-29-15-23(34-26)21-9-5-6-10-22(21)27/h3-15H,2,16H2,1H3,(H,28,31)(H,30,32). The molecule has 4 aromatic rings. The van der Waals surface area contributed by atoms with E-state index in [9.17, 15) is 14.0 Å². The van der Waals surface area contributed by atoms with Gasteiger partial charge in [-0.2, -0.15) is 0 Å². The zero-order chi connectivity index (χ0) is 23.9. The highest BCUT2D eigenvalue weighted by Gasteiger charge is 2.18. The fourth-order valence-corrected chi connectivity index (χ4v) is 3.28. The molecule has 0 aliphatic carbocycles. The lowest BCUT2D eigenvalue weighted by molar-refractivity contribution is -0.122. The van der Waals surface area contributed by atoms with Gasteiger partial charge < -0.3 is 19.8 Å². The van der Waals surface area contributed by atoms with Crippen LogP contribution in [0.1, 0.15) is 17.3 Å². The summed E-state index contributed by atoms with van der Waals surface area (Å²) in [6, 6.07) is 19.8. The van der Waals surface area contributed by atoms with Crippen LogP contribution < -0.4 is 15.4 Å². The minimum Gasteiger partial charge on any atom is -0.484 e. The van der Waals surface area contributed by atoms with Gasteiger partial charge in [0.2, 0.25) is 5.89 Å². The van der Waals surface area contributed by atoms with Crippen LogP contribution in [0.5, 0.6) is 5.75 Å². The highest BCUT2D eigenvalue weighted by atomic mass is 19.1. The Kier molecular flexibility index (Phi) is 6.98. The number of halogens is 1. The molecule has 0 bridgehead atoms. The van der Waals surface area contributed by atoms with E-state index in [1.54, 1.807) is 66.7 Å². The molecule has 0 saturated heterocycles. The lowest BCUT2D eigenvalue weighted by Crippen LogP contribution is -2.28. The summed E-state index contributed by atoms with van der Waals surface area (Å²) in [4.78, 5) is 28.7. The smallest absolute Gasteiger partial charge is 0.257 e. The molecule has 172 valence electrons. The Morgan fingerprint density at radius 2 is 1.68 bits per heavy atom. The monoisotopic (exact) mass is 459 g/mol. The summed E-state index contributed by atoms with van der Waals surface area (Å²) in [6.45, 7) is 2.28. The summed E-state index contributed by atoms with van der Waals surface area (Å²) in [5.41, 5.74) is 1.66. The average molecular weight is 459 g/mol. The molecule has 2 N–H and O–H groups in total. The molecule has 8 heteroatoms. The zero-order valence-electron chi connectivity index (χ0n) is 18.4. The van der Waals surface area contributed by atoms with Crippen LogP contribution in [0.2, 0.25) is 0 Å². The number of rotatable bonds is 8. The highest BCUT2D eigenvalue weighted by molar-refractivity contribution is 6.08. The minimum absolute atomic E-state index is 0.0854. The van der Waals surface area contributed by atoms with Crippen molar-refractivity contribution in [2.24, 2.45) is 0 Å². The number of carbonyl (C=O) groups is 2. The first-order valence-corrected chi connectivity index (χ1v) is 10.7. The van der Waals surface area contributed by atoms with Gasteiger partial charge in [-0.3, -0.25) is 9.59 Å². The van der Waals surface area contributed by atoms with E-state index >= 15 is 0 Å². The maximum absolute atomic E-state index is 14.1. The third-order valence-electron chi connectivity index (χ3n) is 4.90. The summed E-state index contributed by atoms with van der Waals surface area (Å²) >= 11 is 0. The molecule has 0 aliphatic heterocycles. The van der Waals surface area contributed by atoms with E-state index in [4.69, 9.17) is 9.15 Å². The maximum Gasteiger partial charge on any atom is 0.257 e. The fraction of sp³-hybridized carbons (Fsp3) is 0.115. The number of nitrogens with zero attached hydrogens (tertiary/aromatic N) is 1. The normalized spacial score (nSPS) is 10.5. The van der Waals surface area contributed by atoms with Crippen molar-refractivity contribution >= 4 is 17.5 Å². The summed E-state index contributed by atoms with van der Waals surface area (Å²) in [6.07, 6.45) is 1.43. The minimum atomic E-state index is -0.422. The van der Waals surface area contributed by atoms with Crippen LogP contribution in [-0.2, 0) is 4.79 Å². The van der Waals surface area contributed by atoms with E-state index in [0.29, 0.717) is 29.1 Å². The van der Waals surface area contributed by atoms with Crippen molar-refractivity contribution in [1.29, 1.82) is 0 Å². The Bertz CT molecular complexity index is 1300. The molecule has 7 nitrogen and oxygen atoms in total. The number of aromatic nitrogens is 1. The summed E-state index contributed by atoms with van der Waals surface area (Å²) in [7, 11) is 0. The van der Waals surface area contributed by atoms with E-state index < -0.39 is 5.82 Å². The number of nitrogens with one attached hydrogen (secondary N) is 2. The van der Waals surface area contributed by atoms with Crippen molar-refractivity contribution in [3.8, 4) is 28.5 Å². The predicted octanol–water partition coefficient (Wildman–Crippen LogP) is 4.91. The Hall–Kier alpha value is -4.46. The quantitative estimate of drug-likeness (QED) is 0.390. The van der Waals surface area contributed by atoms with Crippen molar-refractivity contribution in [2.45, 2.75) is 6.92 Å². The number of carbonyl (C=O) groups excluding carboxylic acids is 2. The third-order valence-corrected chi connectivity index (χ3v) is 4.90. The second-order valence-corrected chi connectivity index (χ2v) is 7.28. The Morgan fingerprint density at radius 3 is 2.41 bits per heavy atom. The highest BCUT2D eigenvalue weighted by Crippen LogP contribution is 2.30. The first kappa shape index (κ1) is 22.7. The molecule has 1 aromatic heterocycles. The van der Waals surface area contributed by atoms with Crippen molar-refractivity contribution < 1.29 is 23.1 Å². The fourth-order valence-electron chi connectivity index (χ4n) is 3.28. The van der Waals surface area contributed by atoms with E-state index in [1.165, 1.54) is 12.3 Å². The number of hydrogen-bond donors (Lipinski definition) is 2. The second kappa shape index (κ2) is 10.4. The van der Waals surface area contributed by atoms with Crippen molar-refractivity contribution in [1.82, 2.24) is 10.3 Å². The molecule has 3 aromatic carbocycles. The molecule has 0 saturated carbocycles. The van der Waals surface area contributed by atoms with Crippen LogP contribution >= 0.6 is 0 Å². The van der Waals surface area contributed by atoms with Gasteiger partial charge in [-0.05, 0) is 55.5 Å². The van der Waals surface area contributed by atoms with Gasteiger partial charge in [0.15, 0.2) is 12.4 Å². The van der Waals surface area contributed by atoms with Crippen LogP contribution in [0.25, 0.3) is 22.8 Å². The topological polar surface area (TPSA) is 93.5 Å². The molecular weight excluding hydrogens is 437 g/mol. The molecule has 0 unspecified atom stereocenters. The molecule has 2 amide bonds. The second-order valence-electron chi connectivity index (χ2n) is 7.28. The van der Waals surface area contributed by atoms with Gasteiger partial charge in [0, 0.05) is 17.8 Å². The molecular formula is C26H22FN3O4. The van der Waals surface area contributed by atoms with Gasteiger partial charge in [-0.1, -0.05) is 24.3 Å². The van der Waals surface area contributed by atoms with Gasteiger partial charge in [0.05, 0.1) is 17.3 Å². The number of likely N-dealkylation sites (N-methyl/N-ethyl adjacent to an activating group) is 1. The Morgan fingerprint density at radius 1 is 0.971 bits per heavy atom. The Labute approximate surface area is 195 Å². The number of benzene rings is 3. The molecule has 0 fully saturated rings. The largest absolute Gasteiger partial charge is 0.484 e. The number of ether oxygens (including phenoxy) is 1. The van der Waals surface area contributed by atoms with Crippen LogP contribution in [0.15, 0.2) is 83.4 Å². The molecule has 0 spiro atoms. The van der Waals surface area contributed by atoms with E-state index in [-0.39, 0.29) is 35.6 Å². The molecule has 0 radical (unpaired) electrons. The number of oxazole rings is 1. The van der Waals surface area contributed by atoms with Gasteiger partial charge >= 0.3 is 0 Å². The van der Waals surface area contributed by atoms with Crippen LogP contribution in [-0.4, -0.2) is 29.9 Å². The zero-order valence-corrected chi connectivity index (χ0v) is 18.4. The lowest BCUT2D eigenvalue weighted by atomic mass is 10.1. The van der Waals surface area contributed by atoms with Crippen LogP contribution in [0.3, 0.4) is 0 Å². The molecule has 4 rings (SSSR count). The third kappa shape index (κ3) is 5.29. The van der Waals surface area contributed by atoms with E-state index in [1.807, 2.05) is 6.92 Å². The molecule has 1 heterocycles. The van der Waals surface area contributed by atoms with Gasteiger partial charge in [-0.15, -0.1) is 0 Å². The van der Waals surface area contributed by atoms with Gasteiger partial charge in [0.25, 0.3) is 11.8 Å². The van der Waals surface area contributed by atoms with E-state index in [0.717, 1.165) is 0 Å². The van der Waals surface area contributed by atoms with Crippen molar-refractivity contribution in [3.63, 3.8) is 0 Å². The van der Waals surface area contributed by atoms with Crippen LogP contribution in [0, 0.1) is 5.82 Å². The molecule has 34 heavy (non-hydrogen) atoms. The predicted molar refractivity (Wildman–Crippen MR) is 126 cm³/mol. The maximum atomic E-state index is 14.1. The average Bonchev–Trinajstić information content (AvgIpc) is 3.34. The van der Waals surface area contributed by atoms with Gasteiger partial charge in [-0.25, -0.2) is 9.37 Å². The number of amides is 2. The Balaban J connectivity index is 1.48. The van der Waals surface area contributed by atoms with Gasteiger partial charge in [0.1, 0.15) is 11.6 Å². The summed E-state index contributed by atoms with van der Waals surface area (Å²) in [5, 5.41) is 5.48. The first-order valence-electron chi connectivity index (χ1n) is 10.7. The summed E-state index contributed by atoms with van der Waals surface area (Å²) in [5.74, 6) is -0.0113. The number of anilines is 1. The number of hydrogen-bond acceptors (Lipinski definition) is 5. The van der Waals surface area contributed by atoms with Crippen molar-refractivity contribution in [3.05, 3.63) is 90.4 Å². The lowest BCUT2D eigenvalue weighted by Gasteiger charge is -2.10.